The maximum Gasteiger partial charge on any atom is 0.223 e. The maximum atomic E-state index is 12.1. The van der Waals surface area contributed by atoms with Gasteiger partial charge in [-0.25, -0.2) is 4.98 Å². The molecule has 1 N–H and O–H groups in total. The molecule has 110 valence electrons. The van der Waals surface area contributed by atoms with E-state index >= 15 is 0 Å². The van der Waals surface area contributed by atoms with Crippen molar-refractivity contribution >= 4 is 42.1 Å². The minimum atomic E-state index is 0. The lowest BCUT2D eigenvalue weighted by atomic mass is 10.1. The van der Waals surface area contributed by atoms with Gasteiger partial charge in [-0.3, -0.25) is 4.79 Å². The highest BCUT2D eigenvalue weighted by Crippen LogP contribution is 2.12. The first-order valence-corrected chi connectivity index (χ1v) is 7.02. The van der Waals surface area contributed by atoms with E-state index in [2.05, 4.69) is 24.1 Å². The van der Waals surface area contributed by atoms with Crippen molar-refractivity contribution in [2.75, 3.05) is 13.1 Å². The molecule has 0 radical (unpaired) electrons. The number of thiazole rings is 1. The van der Waals surface area contributed by atoms with Crippen LogP contribution in [0.2, 0.25) is 0 Å². The zero-order valence-corrected chi connectivity index (χ0v) is 13.6. The fraction of sp³-hybridized carbons (Fsp3) is 0.667. The number of carbonyl (C=O) groups is 1. The van der Waals surface area contributed by atoms with Gasteiger partial charge in [-0.15, -0.1) is 36.2 Å². The Morgan fingerprint density at radius 1 is 1.53 bits per heavy atom. The van der Waals surface area contributed by atoms with Crippen LogP contribution < -0.4 is 5.32 Å². The predicted molar refractivity (Wildman–Crippen MR) is 83.6 cm³/mol. The number of nitrogens with zero attached hydrogens (tertiary/aromatic N) is 2. The van der Waals surface area contributed by atoms with Crippen LogP contribution >= 0.6 is 36.2 Å². The van der Waals surface area contributed by atoms with Crippen LogP contribution in [0.3, 0.4) is 0 Å². The van der Waals surface area contributed by atoms with Gasteiger partial charge in [0, 0.05) is 37.0 Å². The van der Waals surface area contributed by atoms with E-state index in [0.29, 0.717) is 12.5 Å². The average Bonchev–Trinajstić information content (AvgIpc) is 2.82. The van der Waals surface area contributed by atoms with Crippen LogP contribution in [-0.4, -0.2) is 41.0 Å². The third kappa shape index (κ3) is 4.91. The minimum absolute atomic E-state index is 0. The van der Waals surface area contributed by atoms with Gasteiger partial charge >= 0.3 is 0 Å². The number of hydrogen-bond acceptors (Lipinski definition) is 4. The van der Waals surface area contributed by atoms with E-state index in [1.807, 2.05) is 15.8 Å². The Kier molecular flexibility index (Phi) is 8.57. The second-order valence-corrected chi connectivity index (χ2v) is 5.27. The molecule has 1 aromatic rings. The summed E-state index contributed by atoms with van der Waals surface area (Å²) in [6.07, 6.45) is 1.33. The van der Waals surface area contributed by atoms with E-state index in [1.54, 1.807) is 11.3 Å². The number of hydrogen-bond donors (Lipinski definition) is 1. The summed E-state index contributed by atoms with van der Waals surface area (Å²) in [6, 6.07) is 0.665. The number of aromatic nitrogens is 1. The first-order chi connectivity index (χ1) is 8.18. The number of rotatable bonds is 3. The van der Waals surface area contributed by atoms with Gasteiger partial charge in [0.25, 0.3) is 0 Å². The third-order valence-electron chi connectivity index (χ3n) is 3.43. The van der Waals surface area contributed by atoms with Crippen LogP contribution in [0.1, 0.15) is 26.0 Å². The van der Waals surface area contributed by atoms with E-state index in [1.165, 1.54) is 0 Å². The molecular weight excluding hydrogens is 305 g/mol. The van der Waals surface area contributed by atoms with Crippen molar-refractivity contribution in [3.05, 3.63) is 16.6 Å². The van der Waals surface area contributed by atoms with E-state index in [-0.39, 0.29) is 36.8 Å². The van der Waals surface area contributed by atoms with Gasteiger partial charge in [-0.05, 0) is 20.3 Å². The highest BCUT2D eigenvalue weighted by Gasteiger charge is 2.27. The summed E-state index contributed by atoms with van der Waals surface area (Å²) < 4.78 is 0. The number of carbonyl (C=O) groups excluding carboxylic acids is 1. The molecule has 19 heavy (non-hydrogen) atoms. The summed E-state index contributed by atoms with van der Waals surface area (Å²) >= 11 is 1.58. The van der Waals surface area contributed by atoms with Crippen molar-refractivity contribution in [1.82, 2.24) is 15.2 Å². The van der Waals surface area contributed by atoms with E-state index in [9.17, 15) is 4.79 Å². The lowest BCUT2D eigenvalue weighted by Gasteiger charge is -2.38. The number of aryl methyl sites for hydroxylation is 1. The average molecular weight is 326 g/mol. The highest BCUT2D eigenvalue weighted by atomic mass is 35.5. The largest absolute Gasteiger partial charge is 0.337 e. The molecule has 2 heterocycles. The smallest absolute Gasteiger partial charge is 0.223 e. The Morgan fingerprint density at radius 3 is 2.89 bits per heavy atom. The molecule has 2 unspecified atom stereocenters. The Morgan fingerprint density at radius 2 is 2.26 bits per heavy atom. The summed E-state index contributed by atoms with van der Waals surface area (Å²) in [5, 5.41) is 5.39. The van der Waals surface area contributed by atoms with Gasteiger partial charge in [0.1, 0.15) is 0 Å². The Bertz CT molecular complexity index is 375. The van der Waals surface area contributed by atoms with E-state index in [4.69, 9.17) is 0 Å². The molecular formula is C12H21Cl2N3OS. The van der Waals surface area contributed by atoms with Gasteiger partial charge < -0.3 is 10.2 Å². The second kappa shape index (κ2) is 8.74. The molecule has 1 fully saturated rings. The van der Waals surface area contributed by atoms with Gasteiger partial charge in [0.2, 0.25) is 5.91 Å². The lowest BCUT2D eigenvalue weighted by molar-refractivity contribution is -0.134. The Labute approximate surface area is 130 Å². The molecule has 4 nitrogen and oxygen atoms in total. The van der Waals surface area contributed by atoms with Gasteiger partial charge in [-0.1, -0.05) is 0 Å². The number of piperazine rings is 1. The number of halogens is 2. The number of amides is 1. The van der Waals surface area contributed by atoms with Crippen LogP contribution in [0.15, 0.2) is 10.9 Å². The van der Waals surface area contributed by atoms with Crippen molar-refractivity contribution in [2.45, 2.75) is 38.8 Å². The first kappa shape index (κ1) is 18.6. The van der Waals surface area contributed by atoms with Crippen LogP contribution in [0.5, 0.6) is 0 Å². The summed E-state index contributed by atoms with van der Waals surface area (Å²) in [5.74, 6) is 0.249. The molecule has 1 aliphatic rings. The second-order valence-electron chi connectivity index (χ2n) is 4.55. The van der Waals surface area contributed by atoms with Crippen LogP contribution in [0.4, 0.5) is 0 Å². The molecule has 0 bridgehead atoms. The van der Waals surface area contributed by atoms with Crippen LogP contribution in [0.25, 0.3) is 0 Å². The molecule has 0 saturated carbocycles. The summed E-state index contributed by atoms with van der Waals surface area (Å²) in [6.45, 7) is 5.96. The minimum Gasteiger partial charge on any atom is -0.337 e. The molecule has 2 atom stereocenters. The quantitative estimate of drug-likeness (QED) is 0.925. The van der Waals surface area contributed by atoms with E-state index in [0.717, 1.165) is 25.2 Å². The van der Waals surface area contributed by atoms with Crippen LogP contribution in [-0.2, 0) is 11.2 Å². The third-order valence-corrected chi connectivity index (χ3v) is 4.07. The topological polar surface area (TPSA) is 45.2 Å². The van der Waals surface area contributed by atoms with E-state index < -0.39 is 0 Å². The summed E-state index contributed by atoms with van der Waals surface area (Å²) in [5.41, 5.74) is 2.84. The molecule has 1 amide bonds. The SMILES string of the molecule is CC1NCCN(C(=O)CCc2cscn2)C1C.Cl.Cl. The molecule has 0 aliphatic carbocycles. The van der Waals surface area contributed by atoms with Crippen LogP contribution in [0, 0.1) is 0 Å². The fourth-order valence-corrected chi connectivity index (χ4v) is 2.74. The normalized spacial score (nSPS) is 22.3. The lowest BCUT2D eigenvalue weighted by Crippen LogP contribution is -2.57. The molecule has 0 aromatic carbocycles. The van der Waals surface area contributed by atoms with Gasteiger partial charge in [-0.2, -0.15) is 0 Å². The highest BCUT2D eigenvalue weighted by molar-refractivity contribution is 7.07. The fourth-order valence-electron chi connectivity index (χ4n) is 2.15. The van der Waals surface area contributed by atoms with Crippen molar-refractivity contribution in [2.24, 2.45) is 0 Å². The zero-order chi connectivity index (χ0) is 12.3. The maximum absolute atomic E-state index is 12.1. The van der Waals surface area contributed by atoms with Crippen molar-refractivity contribution in [3.8, 4) is 0 Å². The summed E-state index contributed by atoms with van der Waals surface area (Å²) in [7, 11) is 0. The molecule has 2 rings (SSSR count). The standard InChI is InChI=1S/C12H19N3OS.2ClH/c1-9-10(2)15(6-5-13-9)12(16)4-3-11-7-17-8-14-11;;/h7-10,13H,3-6H2,1-2H3;2*1H. The molecule has 0 spiro atoms. The van der Waals surface area contributed by atoms with Crippen molar-refractivity contribution < 1.29 is 4.79 Å². The summed E-state index contributed by atoms with van der Waals surface area (Å²) in [4.78, 5) is 18.3. The Hall–Kier alpha value is -0.360. The zero-order valence-electron chi connectivity index (χ0n) is 11.2. The Balaban J connectivity index is 0.00000162. The monoisotopic (exact) mass is 325 g/mol. The first-order valence-electron chi connectivity index (χ1n) is 6.08. The number of nitrogens with one attached hydrogen (secondary N) is 1. The van der Waals surface area contributed by atoms with Gasteiger partial charge in [0.15, 0.2) is 0 Å². The van der Waals surface area contributed by atoms with Crippen molar-refractivity contribution in [3.63, 3.8) is 0 Å². The molecule has 7 heteroatoms. The van der Waals surface area contributed by atoms with Gasteiger partial charge in [0.05, 0.1) is 11.2 Å². The molecule has 1 saturated heterocycles. The predicted octanol–water partition coefficient (Wildman–Crippen LogP) is 2.13. The molecule has 1 aromatic heterocycles. The van der Waals surface area contributed by atoms with Crippen molar-refractivity contribution in [1.29, 1.82) is 0 Å². The molecule has 1 aliphatic heterocycles.